The minimum atomic E-state index is -4.62. The number of anilines is 1. The standard InChI is InChI=1S/C21H21F4NO2/c1-28-18-10-9-14(13-16(18)21(23,24)25)26-19(27)20(11-5-2-6-12-20)15-7-3-4-8-17(15)22/h3-4,7-10,13H,2,5-6,11-12H2,1H3,(H,26,27). The van der Waals surface area contributed by atoms with Gasteiger partial charge in [0.25, 0.3) is 0 Å². The van der Waals surface area contributed by atoms with Crippen LogP contribution in [-0.2, 0) is 16.4 Å². The summed E-state index contributed by atoms with van der Waals surface area (Å²) in [6, 6.07) is 9.45. The van der Waals surface area contributed by atoms with Crippen molar-refractivity contribution in [1.29, 1.82) is 0 Å². The second-order valence-corrected chi connectivity index (χ2v) is 6.99. The Bertz CT molecular complexity index is 858. The van der Waals surface area contributed by atoms with Gasteiger partial charge in [0, 0.05) is 11.3 Å². The van der Waals surface area contributed by atoms with Crippen LogP contribution in [-0.4, -0.2) is 13.0 Å². The highest BCUT2D eigenvalue weighted by atomic mass is 19.4. The number of halogens is 4. The van der Waals surface area contributed by atoms with Gasteiger partial charge in [-0.3, -0.25) is 4.79 Å². The van der Waals surface area contributed by atoms with E-state index in [1.807, 2.05) is 0 Å². The predicted octanol–water partition coefficient (Wildman–Crippen LogP) is 5.69. The zero-order chi connectivity index (χ0) is 20.4. The highest BCUT2D eigenvalue weighted by Gasteiger charge is 2.43. The van der Waals surface area contributed by atoms with Gasteiger partial charge in [-0.05, 0) is 37.1 Å². The number of carbonyl (C=O) groups excluding carboxylic acids is 1. The molecule has 0 radical (unpaired) electrons. The first kappa shape index (κ1) is 20.2. The molecule has 2 aromatic rings. The summed E-state index contributed by atoms with van der Waals surface area (Å²) < 4.78 is 59.0. The summed E-state index contributed by atoms with van der Waals surface area (Å²) >= 11 is 0. The van der Waals surface area contributed by atoms with Gasteiger partial charge < -0.3 is 10.1 Å². The molecule has 1 aliphatic rings. The van der Waals surface area contributed by atoms with Gasteiger partial charge in [-0.25, -0.2) is 4.39 Å². The lowest BCUT2D eigenvalue weighted by Gasteiger charge is -2.36. The summed E-state index contributed by atoms with van der Waals surface area (Å²) in [5.74, 6) is -1.30. The second-order valence-electron chi connectivity index (χ2n) is 6.99. The highest BCUT2D eigenvalue weighted by molar-refractivity contribution is 5.99. The van der Waals surface area contributed by atoms with Crippen molar-refractivity contribution in [1.82, 2.24) is 0 Å². The smallest absolute Gasteiger partial charge is 0.420 e. The van der Waals surface area contributed by atoms with Crippen LogP contribution in [0.4, 0.5) is 23.2 Å². The van der Waals surface area contributed by atoms with Gasteiger partial charge in [0.15, 0.2) is 0 Å². The molecular weight excluding hydrogens is 374 g/mol. The summed E-state index contributed by atoms with van der Waals surface area (Å²) in [7, 11) is 1.15. The first-order chi connectivity index (χ1) is 13.3. The van der Waals surface area contributed by atoms with Crippen molar-refractivity contribution in [3.63, 3.8) is 0 Å². The van der Waals surface area contributed by atoms with E-state index in [0.717, 1.165) is 38.5 Å². The Kier molecular flexibility index (Phi) is 5.63. The van der Waals surface area contributed by atoms with Crippen molar-refractivity contribution in [3.8, 4) is 5.75 Å². The summed E-state index contributed by atoms with van der Waals surface area (Å²) in [6.07, 6.45) is -1.30. The average Bonchev–Trinajstić information content (AvgIpc) is 2.68. The third-order valence-corrected chi connectivity index (χ3v) is 5.29. The first-order valence-corrected chi connectivity index (χ1v) is 9.09. The molecule has 150 valence electrons. The largest absolute Gasteiger partial charge is 0.496 e. The van der Waals surface area contributed by atoms with E-state index in [0.29, 0.717) is 12.8 Å². The van der Waals surface area contributed by atoms with Crippen LogP contribution < -0.4 is 10.1 Å². The van der Waals surface area contributed by atoms with Crippen LogP contribution in [0.25, 0.3) is 0 Å². The van der Waals surface area contributed by atoms with Crippen LogP contribution in [0.3, 0.4) is 0 Å². The molecular formula is C21H21F4NO2. The molecule has 0 spiro atoms. The lowest BCUT2D eigenvalue weighted by Crippen LogP contribution is -2.42. The third kappa shape index (κ3) is 3.84. The van der Waals surface area contributed by atoms with E-state index >= 15 is 0 Å². The van der Waals surface area contributed by atoms with E-state index in [2.05, 4.69) is 5.32 Å². The minimum Gasteiger partial charge on any atom is -0.496 e. The number of rotatable bonds is 4. The molecule has 1 N–H and O–H groups in total. The van der Waals surface area contributed by atoms with Crippen LogP contribution in [0.5, 0.6) is 5.75 Å². The van der Waals surface area contributed by atoms with Crippen LogP contribution >= 0.6 is 0 Å². The Hall–Kier alpha value is -2.57. The molecule has 0 heterocycles. The zero-order valence-electron chi connectivity index (χ0n) is 15.4. The number of alkyl halides is 3. The van der Waals surface area contributed by atoms with E-state index in [4.69, 9.17) is 4.74 Å². The quantitative estimate of drug-likeness (QED) is 0.675. The number of methoxy groups -OCH3 is 1. The Morgan fingerprint density at radius 2 is 1.75 bits per heavy atom. The zero-order valence-corrected chi connectivity index (χ0v) is 15.4. The maximum atomic E-state index is 14.5. The summed E-state index contributed by atoms with van der Waals surface area (Å²) in [5.41, 5.74) is -1.78. The fourth-order valence-electron chi connectivity index (χ4n) is 3.88. The van der Waals surface area contributed by atoms with Gasteiger partial charge in [-0.1, -0.05) is 37.5 Å². The van der Waals surface area contributed by atoms with Crippen molar-refractivity contribution in [3.05, 3.63) is 59.4 Å². The van der Waals surface area contributed by atoms with Gasteiger partial charge in [0.2, 0.25) is 5.91 Å². The molecule has 0 aliphatic heterocycles. The summed E-state index contributed by atoms with van der Waals surface area (Å²) in [4.78, 5) is 13.2. The number of hydrogen-bond donors (Lipinski definition) is 1. The first-order valence-electron chi connectivity index (χ1n) is 9.09. The molecule has 7 heteroatoms. The van der Waals surface area contributed by atoms with E-state index in [1.54, 1.807) is 18.2 Å². The Morgan fingerprint density at radius 3 is 2.36 bits per heavy atom. The molecule has 0 saturated heterocycles. The average molecular weight is 395 g/mol. The van der Waals surface area contributed by atoms with Crippen LogP contribution in [0.1, 0.15) is 43.2 Å². The maximum absolute atomic E-state index is 14.5. The van der Waals surface area contributed by atoms with Crippen molar-refractivity contribution in [2.24, 2.45) is 0 Å². The molecule has 0 aromatic heterocycles. The van der Waals surface area contributed by atoms with E-state index in [1.165, 1.54) is 12.1 Å². The Morgan fingerprint density at radius 1 is 1.07 bits per heavy atom. The molecule has 28 heavy (non-hydrogen) atoms. The molecule has 1 aliphatic carbocycles. The summed E-state index contributed by atoms with van der Waals surface area (Å²) in [5, 5.41) is 2.58. The molecule has 1 amide bonds. The fourth-order valence-corrected chi connectivity index (χ4v) is 3.88. The summed E-state index contributed by atoms with van der Waals surface area (Å²) in [6.45, 7) is 0. The van der Waals surface area contributed by atoms with Crippen LogP contribution in [0, 0.1) is 5.82 Å². The monoisotopic (exact) mass is 395 g/mol. The molecule has 0 bridgehead atoms. The fraction of sp³-hybridized carbons (Fsp3) is 0.381. The number of carbonyl (C=O) groups is 1. The molecule has 3 nitrogen and oxygen atoms in total. The van der Waals surface area contributed by atoms with Crippen LogP contribution in [0.15, 0.2) is 42.5 Å². The second kappa shape index (κ2) is 7.81. The van der Waals surface area contributed by atoms with Gasteiger partial charge in [-0.2, -0.15) is 13.2 Å². The lowest BCUT2D eigenvalue weighted by molar-refractivity contribution is -0.138. The number of benzene rings is 2. The van der Waals surface area contributed by atoms with Crippen molar-refractivity contribution >= 4 is 11.6 Å². The van der Waals surface area contributed by atoms with Crippen molar-refractivity contribution in [2.45, 2.75) is 43.7 Å². The molecule has 1 fully saturated rings. The molecule has 2 aromatic carbocycles. The maximum Gasteiger partial charge on any atom is 0.420 e. The number of nitrogens with one attached hydrogen (secondary N) is 1. The molecule has 0 unspecified atom stereocenters. The van der Waals surface area contributed by atoms with E-state index in [9.17, 15) is 22.4 Å². The Labute approximate surface area is 160 Å². The molecule has 1 saturated carbocycles. The van der Waals surface area contributed by atoms with Crippen molar-refractivity contribution < 1.29 is 27.1 Å². The Balaban J connectivity index is 1.97. The normalized spacial score (nSPS) is 16.5. The van der Waals surface area contributed by atoms with E-state index in [-0.39, 0.29) is 17.0 Å². The van der Waals surface area contributed by atoms with Gasteiger partial charge in [-0.15, -0.1) is 0 Å². The molecule has 3 rings (SSSR count). The van der Waals surface area contributed by atoms with Gasteiger partial charge >= 0.3 is 6.18 Å². The predicted molar refractivity (Wildman–Crippen MR) is 97.8 cm³/mol. The third-order valence-electron chi connectivity index (χ3n) is 5.29. The van der Waals surface area contributed by atoms with Gasteiger partial charge in [0.1, 0.15) is 11.6 Å². The lowest BCUT2D eigenvalue weighted by atomic mass is 9.68. The molecule has 0 atom stereocenters. The van der Waals surface area contributed by atoms with E-state index < -0.39 is 28.9 Å². The number of hydrogen-bond acceptors (Lipinski definition) is 2. The van der Waals surface area contributed by atoms with Crippen molar-refractivity contribution in [2.75, 3.05) is 12.4 Å². The topological polar surface area (TPSA) is 38.3 Å². The SMILES string of the molecule is COc1ccc(NC(=O)C2(c3ccccc3F)CCCCC2)cc1C(F)(F)F. The van der Waals surface area contributed by atoms with Gasteiger partial charge in [0.05, 0.1) is 18.1 Å². The van der Waals surface area contributed by atoms with Crippen LogP contribution in [0.2, 0.25) is 0 Å². The number of amides is 1. The number of ether oxygens (including phenoxy) is 1. The minimum absolute atomic E-state index is 0.000544. The highest BCUT2D eigenvalue weighted by Crippen LogP contribution is 2.42.